The van der Waals surface area contributed by atoms with E-state index in [1.807, 2.05) is 12.1 Å². The van der Waals surface area contributed by atoms with Crippen LogP contribution in [0.5, 0.6) is 5.75 Å². The Labute approximate surface area is 141 Å². The molecule has 0 saturated heterocycles. The van der Waals surface area contributed by atoms with Crippen LogP contribution >= 0.6 is 0 Å². The van der Waals surface area contributed by atoms with Crippen LogP contribution < -0.4 is 4.74 Å². The lowest BCUT2D eigenvalue weighted by Gasteiger charge is -2.28. The number of halogens is 3. The number of alkyl halides is 3. The van der Waals surface area contributed by atoms with Crippen molar-refractivity contribution >= 4 is 5.91 Å². The fraction of sp³-hybridized carbons (Fsp3) is 0.588. The molecule has 0 aromatic heterocycles. The largest absolute Gasteiger partial charge is 0.497 e. The molecule has 0 saturated carbocycles. The van der Waals surface area contributed by atoms with Gasteiger partial charge in [0.1, 0.15) is 12.3 Å². The Morgan fingerprint density at radius 1 is 1.21 bits per heavy atom. The number of ether oxygens (including phenoxy) is 1. The zero-order valence-corrected chi connectivity index (χ0v) is 14.6. The second-order valence-electron chi connectivity index (χ2n) is 6.30. The first-order valence-corrected chi connectivity index (χ1v) is 7.76. The van der Waals surface area contributed by atoms with Gasteiger partial charge < -0.3 is 9.64 Å². The predicted molar refractivity (Wildman–Crippen MR) is 86.8 cm³/mol. The van der Waals surface area contributed by atoms with Gasteiger partial charge in [0.2, 0.25) is 5.91 Å². The topological polar surface area (TPSA) is 32.8 Å². The van der Waals surface area contributed by atoms with Crippen LogP contribution in [0.3, 0.4) is 0 Å². The smallest absolute Gasteiger partial charge is 0.406 e. The molecule has 0 heterocycles. The molecule has 0 spiro atoms. The molecule has 0 N–H and O–H groups in total. The monoisotopic (exact) mass is 346 g/mol. The van der Waals surface area contributed by atoms with Crippen molar-refractivity contribution in [1.29, 1.82) is 0 Å². The van der Waals surface area contributed by atoms with Crippen molar-refractivity contribution in [1.82, 2.24) is 9.80 Å². The van der Waals surface area contributed by atoms with Gasteiger partial charge in [-0.1, -0.05) is 26.0 Å². The summed E-state index contributed by atoms with van der Waals surface area (Å²) < 4.78 is 43.0. The molecule has 1 amide bonds. The number of benzene rings is 1. The predicted octanol–water partition coefficient (Wildman–Crippen LogP) is 3.17. The van der Waals surface area contributed by atoms with Crippen LogP contribution in [0.25, 0.3) is 0 Å². The molecule has 1 aromatic rings. The van der Waals surface area contributed by atoms with E-state index in [1.165, 1.54) is 0 Å². The minimum Gasteiger partial charge on any atom is -0.497 e. The summed E-state index contributed by atoms with van der Waals surface area (Å²) in [6.07, 6.45) is -4.39. The van der Waals surface area contributed by atoms with E-state index in [0.717, 1.165) is 16.2 Å². The summed E-state index contributed by atoms with van der Waals surface area (Å²) in [5.74, 6) is 0.186. The number of rotatable bonds is 8. The molecule has 1 rings (SSSR count). The highest BCUT2D eigenvalue weighted by molar-refractivity contribution is 5.78. The highest BCUT2D eigenvalue weighted by Gasteiger charge is 2.33. The number of likely N-dealkylation sites (N-methyl/N-ethyl adjacent to an activating group) is 1. The molecule has 0 unspecified atom stereocenters. The second kappa shape index (κ2) is 8.92. The normalized spacial score (nSPS) is 11.9. The Bertz CT molecular complexity index is 516. The Morgan fingerprint density at radius 3 is 2.25 bits per heavy atom. The molecule has 0 atom stereocenters. The van der Waals surface area contributed by atoms with Crippen molar-refractivity contribution in [2.75, 3.05) is 33.8 Å². The maximum absolute atomic E-state index is 12.7. The van der Waals surface area contributed by atoms with Gasteiger partial charge in [0, 0.05) is 13.1 Å². The first kappa shape index (κ1) is 20.3. The number of hydrogen-bond donors (Lipinski definition) is 0. The van der Waals surface area contributed by atoms with Crippen LogP contribution in [0.15, 0.2) is 24.3 Å². The Hall–Kier alpha value is -1.76. The first-order valence-electron chi connectivity index (χ1n) is 7.76. The third kappa shape index (κ3) is 7.68. The van der Waals surface area contributed by atoms with Gasteiger partial charge in [0.15, 0.2) is 0 Å². The molecular formula is C17H25F3N2O2. The number of carbonyl (C=O) groups is 1. The van der Waals surface area contributed by atoms with Crippen molar-refractivity contribution in [2.45, 2.75) is 26.6 Å². The maximum atomic E-state index is 12.7. The van der Waals surface area contributed by atoms with Crippen LogP contribution in [0.2, 0.25) is 0 Å². The fourth-order valence-corrected chi connectivity index (χ4v) is 2.34. The molecule has 1 aromatic carbocycles. The third-order valence-electron chi connectivity index (χ3n) is 3.33. The van der Waals surface area contributed by atoms with Gasteiger partial charge in [-0.15, -0.1) is 0 Å². The van der Waals surface area contributed by atoms with Gasteiger partial charge >= 0.3 is 6.18 Å². The number of amides is 1. The summed E-state index contributed by atoms with van der Waals surface area (Å²) in [5.41, 5.74) is 0.956. The van der Waals surface area contributed by atoms with E-state index in [-0.39, 0.29) is 19.0 Å². The maximum Gasteiger partial charge on any atom is 0.406 e. The second-order valence-corrected chi connectivity index (χ2v) is 6.30. The van der Waals surface area contributed by atoms with E-state index in [1.54, 1.807) is 45.0 Å². The zero-order valence-electron chi connectivity index (χ0n) is 14.6. The molecule has 0 aliphatic carbocycles. The number of methoxy groups -OCH3 is 1. The summed E-state index contributed by atoms with van der Waals surface area (Å²) >= 11 is 0. The minimum absolute atomic E-state index is 0.0248. The molecular weight excluding hydrogens is 321 g/mol. The summed E-state index contributed by atoms with van der Waals surface area (Å²) in [6, 6.07) is 7.34. The highest BCUT2D eigenvalue weighted by Crippen LogP contribution is 2.18. The van der Waals surface area contributed by atoms with Crippen LogP contribution in [0.1, 0.15) is 19.4 Å². The quantitative estimate of drug-likeness (QED) is 0.725. The van der Waals surface area contributed by atoms with Gasteiger partial charge in [0.05, 0.1) is 13.7 Å². The minimum atomic E-state index is -4.39. The SMILES string of the molecule is COc1ccc(CN(C)CC(=O)N(CC(C)C)CC(F)(F)F)cc1. The Balaban J connectivity index is 2.63. The molecule has 136 valence electrons. The van der Waals surface area contributed by atoms with Gasteiger partial charge in [0.25, 0.3) is 0 Å². The van der Waals surface area contributed by atoms with Gasteiger partial charge in [-0.2, -0.15) is 13.2 Å². The molecule has 0 radical (unpaired) electrons. The lowest BCUT2D eigenvalue weighted by Crippen LogP contribution is -2.45. The summed E-state index contributed by atoms with van der Waals surface area (Å²) in [6.45, 7) is 2.87. The highest BCUT2D eigenvalue weighted by atomic mass is 19.4. The van der Waals surface area contributed by atoms with Gasteiger partial charge in [-0.3, -0.25) is 9.69 Å². The van der Waals surface area contributed by atoms with E-state index in [2.05, 4.69) is 0 Å². The van der Waals surface area contributed by atoms with E-state index >= 15 is 0 Å². The number of carbonyl (C=O) groups excluding carboxylic acids is 1. The summed E-state index contributed by atoms with van der Waals surface area (Å²) in [4.78, 5) is 14.8. The van der Waals surface area contributed by atoms with Crippen LogP contribution in [0, 0.1) is 5.92 Å². The average molecular weight is 346 g/mol. The first-order chi connectivity index (χ1) is 11.1. The van der Waals surface area contributed by atoms with Gasteiger partial charge in [-0.05, 0) is 30.7 Å². The van der Waals surface area contributed by atoms with Gasteiger partial charge in [-0.25, -0.2) is 0 Å². The van der Waals surface area contributed by atoms with Crippen LogP contribution in [0.4, 0.5) is 13.2 Å². The lowest BCUT2D eigenvalue weighted by molar-refractivity contribution is -0.162. The van der Waals surface area contributed by atoms with Crippen molar-refractivity contribution in [3.63, 3.8) is 0 Å². The number of nitrogens with zero attached hydrogens (tertiary/aromatic N) is 2. The number of hydrogen-bond acceptors (Lipinski definition) is 3. The molecule has 4 nitrogen and oxygen atoms in total. The summed E-state index contributed by atoms with van der Waals surface area (Å²) in [7, 11) is 3.28. The van der Waals surface area contributed by atoms with E-state index < -0.39 is 18.6 Å². The molecule has 0 bridgehead atoms. The average Bonchev–Trinajstić information content (AvgIpc) is 2.45. The van der Waals surface area contributed by atoms with Crippen molar-refractivity contribution < 1.29 is 22.7 Å². The third-order valence-corrected chi connectivity index (χ3v) is 3.33. The van der Waals surface area contributed by atoms with Crippen molar-refractivity contribution in [3.8, 4) is 5.75 Å². The molecule has 24 heavy (non-hydrogen) atoms. The van der Waals surface area contributed by atoms with E-state index in [4.69, 9.17) is 4.74 Å². The molecule has 0 aliphatic rings. The zero-order chi connectivity index (χ0) is 18.3. The lowest BCUT2D eigenvalue weighted by atomic mass is 10.2. The Kier molecular flexibility index (Phi) is 7.54. The fourth-order valence-electron chi connectivity index (χ4n) is 2.34. The Morgan fingerprint density at radius 2 is 1.79 bits per heavy atom. The molecule has 0 fully saturated rings. The van der Waals surface area contributed by atoms with Crippen molar-refractivity contribution in [2.24, 2.45) is 5.92 Å². The van der Waals surface area contributed by atoms with E-state index in [0.29, 0.717) is 6.54 Å². The molecule has 0 aliphatic heterocycles. The molecule has 7 heteroatoms. The van der Waals surface area contributed by atoms with Crippen LogP contribution in [-0.4, -0.2) is 55.7 Å². The van der Waals surface area contributed by atoms with Crippen molar-refractivity contribution in [3.05, 3.63) is 29.8 Å². The van der Waals surface area contributed by atoms with Crippen LogP contribution in [-0.2, 0) is 11.3 Å². The standard InChI is InChI=1S/C17H25F3N2O2/c1-13(2)9-22(12-17(18,19)20)16(23)11-21(3)10-14-5-7-15(24-4)8-6-14/h5-8,13H,9-12H2,1-4H3. The van der Waals surface area contributed by atoms with E-state index in [9.17, 15) is 18.0 Å². The summed E-state index contributed by atoms with van der Waals surface area (Å²) in [5, 5.41) is 0.